The van der Waals surface area contributed by atoms with Crippen LogP contribution in [0.25, 0.3) is 5.69 Å². The van der Waals surface area contributed by atoms with Gasteiger partial charge in [-0.1, -0.05) is 18.2 Å². The average Bonchev–Trinajstić information content (AvgIpc) is 3.25. The first-order valence-corrected chi connectivity index (χ1v) is 9.80. The number of hydrogen-bond donors (Lipinski definition) is 1. The minimum Gasteiger partial charge on any atom is -0.357 e. The largest absolute Gasteiger partial charge is 0.403 e. The van der Waals surface area contributed by atoms with Gasteiger partial charge >= 0.3 is 6.18 Å². The van der Waals surface area contributed by atoms with Crippen molar-refractivity contribution < 1.29 is 13.2 Å². The number of aromatic nitrogens is 2. The normalized spacial score (nSPS) is 17.4. The summed E-state index contributed by atoms with van der Waals surface area (Å²) in [6.45, 7) is 6.11. The van der Waals surface area contributed by atoms with Gasteiger partial charge in [-0.2, -0.15) is 13.2 Å². The second kappa shape index (κ2) is 9.30. The summed E-state index contributed by atoms with van der Waals surface area (Å²) in [7, 11) is 0. The zero-order valence-electron chi connectivity index (χ0n) is 16.7. The molecule has 0 aliphatic carbocycles. The number of para-hydroxylation sites is 1. The lowest BCUT2D eigenvalue weighted by atomic mass is 10.2. The van der Waals surface area contributed by atoms with E-state index in [-0.39, 0.29) is 0 Å². The highest BCUT2D eigenvalue weighted by atomic mass is 19.4. The fourth-order valence-corrected chi connectivity index (χ4v) is 3.41. The molecule has 1 aromatic heterocycles. The monoisotopic (exact) mass is 408 g/mol. The number of nitrogens with one attached hydrogen (secondary N) is 1. The van der Waals surface area contributed by atoms with Gasteiger partial charge in [0.1, 0.15) is 6.04 Å². The number of nitrogens with zero attached hydrogens (tertiary/aromatic N) is 5. The third-order valence-corrected chi connectivity index (χ3v) is 5.14. The molecule has 1 aromatic carbocycles. The van der Waals surface area contributed by atoms with Crippen LogP contribution in [0, 0.1) is 0 Å². The van der Waals surface area contributed by atoms with Crippen LogP contribution in [0.1, 0.15) is 19.4 Å². The van der Waals surface area contributed by atoms with Crippen molar-refractivity contribution >= 4 is 5.96 Å². The molecule has 1 aliphatic heterocycles. The second-order valence-corrected chi connectivity index (χ2v) is 7.01. The zero-order valence-corrected chi connectivity index (χ0v) is 16.7. The van der Waals surface area contributed by atoms with Crippen LogP contribution >= 0.6 is 0 Å². The maximum atomic E-state index is 13.0. The molecule has 0 radical (unpaired) electrons. The standard InChI is InChI=1S/C20H27F3N6/c1-3-25-19(28-12-10-27(11-13-28)16(2)20(21,22)23)26-14-17-6-4-5-7-18(17)29-9-8-24-15-29/h4-9,15-16H,3,10-14H2,1-2H3,(H,25,26). The maximum Gasteiger partial charge on any atom is 0.403 e. The van der Waals surface area contributed by atoms with Crippen molar-refractivity contribution in [2.45, 2.75) is 32.6 Å². The van der Waals surface area contributed by atoms with E-state index in [1.807, 2.05) is 46.9 Å². The van der Waals surface area contributed by atoms with Gasteiger partial charge < -0.3 is 14.8 Å². The van der Waals surface area contributed by atoms with Crippen molar-refractivity contribution in [1.82, 2.24) is 24.7 Å². The minimum absolute atomic E-state index is 0.358. The first kappa shape index (κ1) is 21.2. The van der Waals surface area contributed by atoms with Crippen LogP contribution in [0.4, 0.5) is 13.2 Å². The minimum atomic E-state index is -4.20. The number of rotatable bonds is 5. The maximum absolute atomic E-state index is 13.0. The Balaban J connectivity index is 1.69. The molecule has 158 valence electrons. The Morgan fingerprint density at radius 1 is 1.21 bits per heavy atom. The van der Waals surface area contributed by atoms with Crippen LogP contribution in [0.5, 0.6) is 0 Å². The number of hydrogen-bond acceptors (Lipinski definition) is 3. The molecular formula is C20H27F3N6. The van der Waals surface area contributed by atoms with E-state index < -0.39 is 12.2 Å². The summed E-state index contributed by atoms with van der Waals surface area (Å²) in [6, 6.07) is 6.54. The smallest absolute Gasteiger partial charge is 0.357 e. The Hall–Kier alpha value is -2.55. The van der Waals surface area contributed by atoms with Crippen molar-refractivity contribution in [2.75, 3.05) is 32.7 Å². The van der Waals surface area contributed by atoms with E-state index in [0.29, 0.717) is 39.3 Å². The molecule has 2 heterocycles. The van der Waals surface area contributed by atoms with Crippen LogP contribution in [0.3, 0.4) is 0 Å². The van der Waals surface area contributed by atoms with E-state index in [0.717, 1.165) is 17.2 Å². The predicted octanol–water partition coefficient (Wildman–Crippen LogP) is 2.91. The van der Waals surface area contributed by atoms with E-state index in [1.165, 1.54) is 11.8 Å². The van der Waals surface area contributed by atoms with Gasteiger partial charge in [0.05, 0.1) is 18.6 Å². The number of imidazole rings is 1. The van der Waals surface area contributed by atoms with Crippen LogP contribution < -0.4 is 5.32 Å². The highest BCUT2D eigenvalue weighted by Gasteiger charge is 2.41. The van der Waals surface area contributed by atoms with Crippen molar-refractivity contribution in [3.8, 4) is 5.69 Å². The first-order valence-electron chi connectivity index (χ1n) is 9.80. The Kier molecular flexibility index (Phi) is 6.79. The number of halogens is 3. The SMILES string of the molecule is CCNC(=NCc1ccccc1-n1ccnc1)N1CCN(C(C)C(F)(F)F)CC1. The van der Waals surface area contributed by atoms with Crippen LogP contribution in [-0.2, 0) is 6.54 Å². The van der Waals surface area contributed by atoms with Gasteiger partial charge in [0.2, 0.25) is 0 Å². The molecule has 0 saturated carbocycles. The Labute approximate surface area is 169 Å². The molecule has 2 aromatic rings. The van der Waals surface area contributed by atoms with Gasteiger partial charge in [-0.3, -0.25) is 4.90 Å². The summed E-state index contributed by atoms with van der Waals surface area (Å²) in [5, 5.41) is 3.27. The molecule has 29 heavy (non-hydrogen) atoms. The van der Waals surface area contributed by atoms with E-state index >= 15 is 0 Å². The fourth-order valence-electron chi connectivity index (χ4n) is 3.41. The summed E-state index contributed by atoms with van der Waals surface area (Å²) in [4.78, 5) is 12.4. The van der Waals surface area contributed by atoms with Crippen LogP contribution in [0.15, 0.2) is 48.0 Å². The van der Waals surface area contributed by atoms with Crippen molar-refractivity contribution in [3.63, 3.8) is 0 Å². The van der Waals surface area contributed by atoms with Crippen molar-refractivity contribution in [1.29, 1.82) is 0 Å². The molecule has 1 unspecified atom stereocenters. The van der Waals surface area contributed by atoms with E-state index in [9.17, 15) is 13.2 Å². The molecular weight excluding hydrogens is 381 g/mol. The number of alkyl halides is 3. The molecule has 1 N–H and O–H groups in total. The molecule has 1 saturated heterocycles. The lowest BCUT2D eigenvalue weighted by Gasteiger charge is -2.39. The fraction of sp³-hybridized carbons (Fsp3) is 0.500. The third kappa shape index (κ3) is 5.29. The summed E-state index contributed by atoms with van der Waals surface area (Å²) in [5.41, 5.74) is 2.05. The molecule has 6 nitrogen and oxygen atoms in total. The average molecular weight is 408 g/mol. The Morgan fingerprint density at radius 3 is 2.55 bits per heavy atom. The Bertz CT molecular complexity index is 795. The quantitative estimate of drug-likeness (QED) is 0.611. The highest BCUT2D eigenvalue weighted by Crippen LogP contribution is 2.25. The van der Waals surface area contributed by atoms with Crippen molar-refractivity contribution in [2.24, 2.45) is 4.99 Å². The van der Waals surface area contributed by atoms with Gasteiger partial charge in [0.25, 0.3) is 0 Å². The summed E-state index contributed by atoms with van der Waals surface area (Å²) in [5.74, 6) is 0.729. The lowest BCUT2D eigenvalue weighted by Crippen LogP contribution is -2.56. The molecule has 1 fully saturated rings. The van der Waals surface area contributed by atoms with E-state index in [1.54, 1.807) is 12.5 Å². The van der Waals surface area contributed by atoms with Crippen molar-refractivity contribution in [3.05, 3.63) is 48.5 Å². The van der Waals surface area contributed by atoms with Gasteiger partial charge in [-0.25, -0.2) is 9.98 Å². The van der Waals surface area contributed by atoms with Gasteiger partial charge in [0.15, 0.2) is 5.96 Å². The lowest BCUT2D eigenvalue weighted by molar-refractivity contribution is -0.181. The summed E-state index contributed by atoms with van der Waals surface area (Å²) in [6.07, 6.45) is 1.16. The van der Waals surface area contributed by atoms with Gasteiger partial charge in [-0.15, -0.1) is 0 Å². The number of guanidine groups is 1. The van der Waals surface area contributed by atoms with E-state index in [4.69, 9.17) is 4.99 Å². The van der Waals surface area contributed by atoms with Crippen LogP contribution in [0.2, 0.25) is 0 Å². The number of aliphatic imine (C=N–C) groups is 1. The number of benzene rings is 1. The summed E-state index contributed by atoms with van der Waals surface area (Å²) >= 11 is 0. The first-order chi connectivity index (χ1) is 13.9. The number of piperazine rings is 1. The molecule has 0 bridgehead atoms. The second-order valence-electron chi connectivity index (χ2n) is 7.01. The van der Waals surface area contributed by atoms with Crippen LogP contribution in [-0.4, -0.2) is 70.3 Å². The van der Waals surface area contributed by atoms with Gasteiger partial charge in [-0.05, 0) is 25.5 Å². The predicted molar refractivity (Wildman–Crippen MR) is 107 cm³/mol. The molecule has 1 atom stereocenters. The molecule has 0 spiro atoms. The summed E-state index contributed by atoms with van der Waals surface area (Å²) < 4.78 is 40.9. The molecule has 1 aliphatic rings. The van der Waals surface area contributed by atoms with E-state index in [2.05, 4.69) is 10.3 Å². The molecule has 0 amide bonds. The molecule has 9 heteroatoms. The Morgan fingerprint density at radius 2 is 1.93 bits per heavy atom. The third-order valence-electron chi connectivity index (χ3n) is 5.14. The highest BCUT2D eigenvalue weighted by molar-refractivity contribution is 5.80. The van der Waals surface area contributed by atoms with Gasteiger partial charge in [0, 0.05) is 45.1 Å². The zero-order chi connectivity index (χ0) is 20.9. The molecule has 3 rings (SSSR count). The topological polar surface area (TPSA) is 48.7 Å².